The Morgan fingerprint density at radius 3 is 2.95 bits per heavy atom. The highest BCUT2D eigenvalue weighted by atomic mass is 19.1. The number of carbonyl (C=O) groups is 1. The molecule has 0 aliphatic carbocycles. The second-order valence-electron chi connectivity index (χ2n) is 3.81. The Morgan fingerprint density at radius 2 is 2.30 bits per heavy atom. The largest absolute Gasteiger partial charge is 0.395 e. The Morgan fingerprint density at radius 1 is 1.45 bits per heavy atom. The van der Waals surface area contributed by atoms with Crippen LogP contribution in [0.15, 0.2) is 35.1 Å². The number of aliphatic hydroxyl groups excluding tert-OH is 1. The molecule has 0 bridgehead atoms. The SMILES string of the molecule is O=C(Nc1ccon1)c1ccc(C#CCCO)c(F)c1. The van der Waals surface area contributed by atoms with Gasteiger partial charge in [-0.1, -0.05) is 17.0 Å². The molecule has 6 heteroatoms. The second kappa shape index (κ2) is 6.50. The molecular formula is C14H11FN2O3. The van der Waals surface area contributed by atoms with E-state index in [1.54, 1.807) is 0 Å². The number of halogens is 1. The molecular weight excluding hydrogens is 263 g/mol. The second-order valence-corrected chi connectivity index (χ2v) is 3.81. The number of carbonyl (C=O) groups excluding carboxylic acids is 1. The van der Waals surface area contributed by atoms with Gasteiger partial charge in [0.1, 0.15) is 12.1 Å². The molecule has 0 saturated carbocycles. The third kappa shape index (κ3) is 3.43. The molecule has 0 aliphatic rings. The summed E-state index contributed by atoms with van der Waals surface area (Å²) in [5, 5.41) is 14.6. The summed E-state index contributed by atoms with van der Waals surface area (Å²) in [5.74, 6) is 4.36. The van der Waals surface area contributed by atoms with E-state index in [1.165, 1.54) is 24.5 Å². The Bertz CT molecular complexity index is 657. The molecule has 2 N–H and O–H groups in total. The summed E-state index contributed by atoms with van der Waals surface area (Å²) < 4.78 is 18.3. The molecule has 0 atom stereocenters. The van der Waals surface area contributed by atoms with Crippen molar-refractivity contribution in [2.45, 2.75) is 6.42 Å². The van der Waals surface area contributed by atoms with Crippen molar-refractivity contribution < 1.29 is 18.8 Å². The van der Waals surface area contributed by atoms with Crippen molar-refractivity contribution in [3.63, 3.8) is 0 Å². The van der Waals surface area contributed by atoms with Gasteiger partial charge < -0.3 is 14.9 Å². The van der Waals surface area contributed by atoms with Crippen molar-refractivity contribution in [1.29, 1.82) is 0 Å². The number of aliphatic hydroxyl groups is 1. The average molecular weight is 274 g/mol. The lowest BCUT2D eigenvalue weighted by Crippen LogP contribution is -2.12. The first-order valence-corrected chi connectivity index (χ1v) is 5.81. The number of hydrogen-bond donors (Lipinski definition) is 2. The maximum Gasteiger partial charge on any atom is 0.257 e. The quantitative estimate of drug-likeness (QED) is 0.837. The van der Waals surface area contributed by atoms with Gasteiger partial charge in [-0.25, -0.2) is 4.39 Å². The van der Waals surface area contributed by atoms with Crippen molar-refractivity contribution in [3.05, 3.63) is 47.5 Å². The molecule has 0 aliphatic heterocycles. The van der Waals surface area contributed by atoms with Crippen molar-refractivity contribution in [3.8, 4) is 11.8 Å². The van der Waals surface area contributed by atoms with Crippen LogP contribution >= 0.6 is 0 Å². The van der Waals surface area contributed by atoms with Crippen LogP contribution in [-0.4, -0.2) is 22.8 Å². The Kier molecular flexibility index (Phi) is 4.47. The van der Waals surface area contributed by atoms with E-state index in [0.29, 0.717) is 0 Å². The molecule has 0 saturated heterocycles. The molecule has 1 aromatic heterocycles. The average Bonchev–Trinajstić information content (AvgIpc) is 2.93. The van der Waals surface area contributed by atoms with Gasteiger partial charge in [0, 0.05) is 18.1 Å². The van der Waals surface area contributed by atoms with E-state index in [1.807, 2.05) is 0 Å². The van der Waals surface area contributed by atoms with Crippen molar-refractivity contribution in [1.82, 2.24) is 5.16 Å². The molecule has 2 aromatic rings. The maximum absolute atomic E-state index is 13.7. The van der Waals surface area contributed by atoms with E-state index >= 15 is 0 Å². The van der Waals surface area contributed by atoms with E-state index in [9.17, 15) is 9.18 Å². The fourth-order valence-corrected chi connectivity index (χ4v) is 1.44. The van der Waals surface area contributed by atoms with Crippen LogP contribution in [0.25, 0.3) is 0 Å². The predicted molar refractivity (Wildman–Crippen MR) is 69.4 cm³/mol. The van der Waals surface area contributed by atoms with E-state index in [2.05, 4.69) is 26.8 Å². The first-order valence-electron chi connectivity index (χ1n) is 5.81. The van der Waals surface area contributed by atoms with Crippen molar-refractivity contribution >= 4 is 11.7 Å². The highest BCUT2D eigenvalue weighted by molar-refractivity contribution is 6.03. The van der Waals surface area contributed by atoms with Gasteiger partial charge in [-0.15, -0.1) is 0 Å². The smallest absolute Gasteiger partial charge is 0.257 e. The maximum atomic E-state index is 13.7. The zero-order valence-electron chi connectivity index (χ0n) is 10.4. The number of rotatable bonds is 3. The summed E-state index contributed by atoms with van der Waals surface area (Å²) in [6.45, 7) is -0.0766. The fourth-order valence-electron chi connectivity index (χ4n) is 1.44. The monoisotopic (exact) mass is 274 g/mol. The summed E-state index contributed by atoms with van der Waals surface area (Å²) in [7, 11) is 0. The predicted octanol–water partition coefficient (Wildman–Crippen LogP) is 1.80. The highest BCUT2D eigenvalue weighted by Crippen LogP contribution is 2.11. The van der Waals surface area contributed by atoms with Gasteiger partial charge in [-0.2, -0.15) is 0 Å². The van der Waals surface area contributed by atoms with Crippen LogP contribution in [0.1, 0.15) is 22.3 Å². The normalized spacial score (nSPS) is 9.70. The third-order valence-electron chi connectivity index (χ3n) is 2.37. The molecule has 5 nitrogen and oxygen atoms in total. The van der Waals surface area contributed by atoms with Crippen LogP contribution in [0.2, 0.25) is 0 Å². The van der Waals surface area contributed by atoms with Gasteiger partial charge in [-0.05, 0) is 18.2 Å². The summed E-state index contributed by atoms with van der Waals surface area (Å²) in [6, 6.07) is 5.44. The molecule has 1 aromatic carbocycles. The van der Waals surface area contributed by atoms with Gasteiger partial charge in [-0.3, -0.25) is 4.79 Å². The zero-order valence-corrected chi connectivity index (χ0v) is 10.4. The molecule has 2 rings (SSSR count). The lowest BCUT2D eigenvalue weighted by atomic mass is 10.1. The minimum Gasteiger partial charge on any atom is -0.395 e. The fraction of sp³-hybridized carbons (Fsp3) is 0.143. The first-order chi connectivity index (χ1) is 9.70. The lowest BCUT2D eigenvalue weighted by Gasteiger charge is -2.02. The molecule has 0 radical (unpaired) electrons. The lowest BCUT2D eigenvalue weighted by molar-refractivity contribution is 0.102. The molecule has 20 heavy (non-hydrogen) atoms. The Labute approximate surface area is 114 Å². The summed E-state index contributed by atoms with van der Waals surface area (Å²) >= 11 is 0. The minimum absolute atomic E-state index is 0.0766. The van der Waals surface area contributed by atoms with Crippen molar-refractivity contribution in [2.24, 2.45) is 0 Å². The van der Waals surface area contributed by atoms with E-state index in [4.69, 9.17) is 5.11 Å². The Balaban J connectivity index is 2.12. The standard InChI is InChI=1S/C14H11FN2O3/c15-12-9-11(5-4-10(12)3-1-2-7-18)14(19)16-13-6-8-20-17-13/h4-6,8-9,18H,2,7H2,(H,16,17,19). The van der Waals surface area contributed by atoms with Gasteiger partial charge in [0.15, 0.2) is 5.82 Å². The topological polar surface area (TPSA) is 75.4 Å². The number of amides is 1. The van der Waals surface area contributed by atoms with Gasteiger partial charge in [0.2, 0.25) is 0 Å². The van der Waals surface area contributed by atoms with Gasteiger partial charge in [0.05, 0.1) is 12.2 Å². The van der Waals surface area contributed by atoms with E-state index in [-0.39, 0.29) is 30.0 Å². The van der Waals surface area contributed by atoms with Crippen LogP contribution in [0.3, 0.4) is 0 Å². The van der Waals surface area contributed by atoms with Crippen LogP contribution in [0, 0.1) is 17.7 Å². The number of nitrogens with one attached hydrogen (secondary N) is 1. The van der Waals surface area contributed by atoms with E-state index in [0.717, 1.165) is 6.07 Å². The third-order valence-corrected chi connectivity index (χ3v) is 2.37. The van der Waals surface area contributed by atoms with Crippen LogP contribution in [0.5, 0.6) is 0 Å². The molecule has 0 fully saturated rings. The van der Waals surface area contributed by atoms with Gasteiger partial charge in [0.25, 0.3) is 5.91 Å². The minimum atomic E-state index is -0.594. The Hall–Kier alpha value is -2.65. The summed E-state index contributed by atoms with van der Waals surface area (Å²) in [5.41, 5.74) is 0.328. The molecule has 102 valence electrons. The molecule has 0 spiro atoms. The van der Waals surface area contributed by atoms with E-state index < -0.39 is 11.7 Å². The van der Waals surface area contributed by atoms with Gasteiger partial charge >= 0.3 is 0 Å². The molecule has 1 amide bonds. The number of benzene rings is 1. The number of nitrogens with zero attached hydrogens (tertiary/aromatic N) is 1. The summed E-state index contributed by atoms with van der Waals surface area (Å²) in [4.78, 5) is 11.8. The number of hydrogen-bond acceptors (Lipinski definition) is 4. The number of aromatic nitrogens is 1. The first kappa shape index (κ1) is 13.8. The van der Waals surface area contributed by atoms with Crippen LogP contribution in [-0.2, 0) is 0 Å². The highest BCUT2D eigenvalue weighted by Gasteiger charge is 2.10. The number of anilines is 1. The van der Waals surface area contributed by atoms with Crippen LogP contribution in [0.4, 0.5) is 10.2 Å². The zero-order chi connectivity index (χ0) is 14.4. The summed E-state index contributed by atoms with van der Waals surface area (Å²) in [6.07, 6.45) is 1.59. The van der Waals surface area contributed by atoms with Crippen LogP contribution < -0.4 is 5.32 Å². The molecule has 1 heterocycles. The molecule has 0 unspecified atom stereocenters. The van der Waals surface area contributed by atoms with Crippen molar-refractivity contribution in [2.75, 3.05) is 11.9 Å².